The van der Waals surface area contributed by atoms with E-state index in [0.29, 0.717) is 0 Å². The van der Waals surface area contributed by atoms with Gasteiger partial charge in [-0.1, -0.05) is 12.1 Å². The first kappa shape index (κ1) is 12.3. The van der Waals surface area contributed by atoms with E-state index >= 15 is 0 Å². The molecule has 14 heavy (non-hydrogen) atoms. The Morgan fingerprint density at radius 2 is 2.00 bits per heavy atom. The van der Waals surface area contributed by atoms with Crippen LogP contribution in [-0.4, -0.2) is 11.9 Å². The zero-order valence-electron chi connectivity index (χ0n) is 8.26. The van der Waals surface area contributed by atoms with Gasteiger partial charge in [-0.15, -0.1) is 11.6 Å². The van der Waals surface area contributed by atoms with Crippen molar-refractivity contribution in [1.82, 2.24) is 5.32 Å². The fraction of sp³-hybridized carbons (Fsp3) is 0.455. The summed E-state index contributed by atoms with van der Waals surface area (Å²) in [5.41, 5.74) is 1.33. The Morgan fingerprint density at radius 1 is 1.36 bits per heavy atom. The Balaban J connectivity index is 2.21. The third-order valence-electron chi connectivity index (χ3n) is 1.96. The molecular weight excluding hydrogens is 308 g/mol. The number of hydrogen-bond acceptors (Lipinski definition) is 1. The van der Waals surface area contributed by atoms with Crippen LogP contribution in [0.25, 0.3) is 0 Å². The van der Waals surface area contributed by atoms with Gasteiger partial charge in [-0.3, -0.25) is 0 Å². The summed E-state index contributed by atoms with van der Waals surface area (Å²) < 4.78 is 1.28. The largest absolute Gasteiger partial charge is 0.313 e. The molecule has 0 bridgehead atoms. The van der Waals surface area contributed by atoms with Crippen LogP contribution < -0.4 is 5.32 Å². The standard InChI is InChI=1S/C11H15ClIN/c1-9(12)6-7-14-8-10-2-4-11(13)5-3-10/h2-5,9,14H,6-8H2,1H3. The minimum Gasteiger partial charge on any atom is -0.313 e. The Labute approximate surface area is 104 Å². The Kier molecular flexibility index (Phi) is 5.82. The highest BCUT2D eigenvalue weighted by atomic mass is 127. The molecule has 0 aliphatic rings. The Morgan fingerprint density at radius 3 is 2.57 bits per heavy atom. The number of alkyl halides is 1. The second-order valence-corrected chi connectivity index (χ2v) is 5.36. The van der Waals surface area contributed by atoms with Crippen molar-refractivity contribution in [3.8, 4) is 0 Å². The normalized spacial score (nSPS) is 12.8. The van der Waals surface area contributed by atoms with E-state index in [1.807, 2.05) is 6.92 Å². The summed E-state index contributed by atoms with van der Waals surface area (Å²) in [7, 11) is 0. The lowest BCUT2D eigenvalue weighted by Crippen LogP contribution is -2.16. The first-order valence-corrected chi connectivity index (χ1v) is 6.29. The van der Waals surface area contributed by atoms with Gasteiger partial charge in [0, 0.05) is 15.5 Å². The molecule has 1 aromatic rings. The first-order valence-electron chi connectivity index (χ1n) is 4.77. The summed E-state index contributed by atoms with van der Waals surface area (Å²) in [6.07, 6.45) is 1.02. The molecule has 0 heterocycles. The molecule has 0 amide bonds. The highest BCUT2D eigenvalue weighted by molar-refractivity contribution is 14.1. The summed E-state index contributed by atoms with van der Waals surface area (Å²) in [5.74, 6) is 0. The lowest BCUT2D eigenvalue weighted by atomic mass is 10.2. The minimum absolute atomic E-state index is 0.263. The van der Waals surface area contributed by atoms with Gasteiger partial charge in [0.2, 0.25) is 0 Å². The fourth-order valence-corrected chi connectivity index (χ4v) is 1.60. The quantitative estimate of drug-likeness (QED) is 0.497. The van der Waals surface area contributed by atoms with Crippen LogP contribution in [0.1, 0.15) is 18.9 Å². The van der Waals surface area contributed by atoms with Crippen molar-refractivity contribution >= 4 is 34.2 Å². The van der Waals surface area contributed by atoms with Gasteiger partial charge in [0.25, 0.3) is 0 Å². The molecule has 1 atom stereocenters. The van der Waals surface area contributed by atoms with Crippen molar-refractivity contribution in [3.05, 3.63) is 33.4 Å². The highest BCUT2D eigenvalue weighted by Gasteiger charge is 1.96. The van der Waals surface area contributed by atoms with E-state index in [4.69, 9.17) is 11.6 Å². The second kappa shape index (κ2) is 6.64. The second-order valence-electron chi connectivity index (χ2n) is 3.37. The van der Waals surface area contributed by atoms with Crippen molar-refractivity contribution in [2.24, 2.45) is 0 Å². The topological polar surface area (TPSA) is 12.0 Å². The van der Waals surface area contributed by atoms with E-state index in [2.05, 4.69) is 52.2 Å². The molecule has 0 radical (unpaired) electrons. The molecule has 0 fully saturated rings. The van der Waals surface area contributed by atoms with E-state index in [-0.39, 0.29) is 5.38 Å². The molecule has 0 aliphatic carbocycles. The van der Waals surface area contributed by atoms with E-state index in [1.165, 1.54) is 9.13 Å². The maximum Gasteiger partial charge on any atom is 0.0319 e. The predicted octanol–water partition coefficient (Wildman–Crippen LogP) is 3.40. The van der Waals surface area contributed by atoms with Crippen LogP contribution in [0, 0.1) is 3.57 Å². The van der Waals surface area contributed by atoms with Gasteiger partial charge in [-0.2, -0.15) is 0 Å². The Bertz CT molecular complexity index is 258. The molecule has 1 N–H and O–H groups in total. The van der Waals surface area contributed by atoms with Gasteiger partial charge in [0.15, 0.2) is 0 Å². The number of benzene rings is 1. The fourth-order valence-electron chi connectivity index (χ4n) is 1.14. The van der Waals surface area contributed by atoms with Crippen LogP contribution >= 0.6 is 34.2 Å². The highest BCUT2D eigenvalue weighted by Crippen LogP contribution is 2.06. The molecule has 1 rings (SSSR count). The summed E-state index contributed by atoms with van der Waals surface area (Å²) in [5, 5.41) is 3.63. The van der Waals surface area contributed by atoms with E-state index < -0.39 is 0 Å². The van der Waals surface area contributed by atoms with Crippen LogP contribution in [0.5, 0.6) is 0 Å². The zero-order chi connectivity index (χ0) is 10.4. The van der Waals surface area contributed by atoms with Crippen LogP contribution in [0.3, 0.4) is 0 Å². The smallest absolute Gasteiger partial charge is 0.0319 e. The molecular formula is C11H15ClIN. The van der Waals surface area contributed by atoms with Crippen molar-refractivity contribution < 1.29 is 0 Å². The van der Waals surface area contributed by atoms with Gasteiger partial charge in [-0.25, -0.2) is 0 Å². The van der Waals surface area contributed by atoms with Gasteiger partial charge in [-0.05, 0) is 60.2 Å². The van der Waals surface area contributed by atoms with Crippen LogP contribution in [0.2, 0.25) is 0 Å². The third kappa shape index (κ3) is 5.17. The number of rotatable bonds is 5. The van der Waals surface area contributed by atoms with E-state index in [0.717, 1.165) is 19.5 Å². The molecule has 78 valence electrons. The van der Waals surface area contributed by atoms with Crippen molar-refractivity contribution in [1.29, 1.82) is 0 Å². The predicted molar refractivity (Wildman–Crippen MR) is 70.8 cm³/mol. The number of nitrogens with one attached hydrogen (secondary N) is 1. The maximum atomic E-state index is 5.84. The summed E-state index contributed by atoms with van der Waals surface area (Å²) in [4.78, 5) is 0. The number of halogens is 2. The minimum atomic E-state index is 0.263. The van der Waals surface area contributed by atoms with Crippen molar-refractivity contribution in [2.75, 3.05) is 6.54 Å². The molecule has 0 aromatic heterocycles. The average Bonchev–Trinajstić information content (AvgIpc) is 2.15. The first-order chi connectivity index (χ1) is 6.68. The molecule has 0 saturated heterocycles. The number of hydrogen-bond donors (Lipinski definition) is 1. The lowest BCUT2D eigenvalue weighted by molar-refractivity contribution is 0.645. The van der Waals surface area contributed by atoms with Crippen molar-refractivity contribution in [2.45, 2.75) is 25.3 Å². The summed E-state index contributed by atoms with van der Waals surface area (Å²) in [6.45, 7) is 3.94. The average molecular weight is 324 g/mol. The van der Waals surface area contributed by atoms with E-state index in [1.54, 1.807) is 0 Å². The molecule has 1 aromatic carbocycles. The van der Waals surface area contributed by atoms with E-state index in [9.17, 15) is 0 Å². The van der Waals surface area contributed by atoms with Crippen molar-refractivity contribution in [3.63, 3.8) is 0 Å². The monoisotopic (exact) mass is 323 g/mol. The molecule has 0 spiro atoms. The zero-order valence-corrected chi connectivity index (χ0v) is 11.2. The molecule has 0 aliphatic heterocycles. The summed E-state index contributed by atoms with van der Waals surface area (Å²) >= 11 is 8.15. The van der Waals surface area contributed by atoms with Gasteiger partial charge < -0.3 is 5.32 Å². The lowest BCUT2D eigenvalue weighted by Gasteiger charge is -2.05. The van der Waals surface area contributed by atoms with Crippen LogP contribution in [0.15, 0.2) is 24.3 Å². The maximum absolute atomic E-state index is 5.84. The van der Waals surface area contributed by atoms with Crippen LogP contribution in [0.4, 0.5) is 0 Å². The molecule has 1 nitrogen and oxygen atoms in total. The molecule has 0 saturated carbocycles. The molecule has 3 heteroatoms. The summed E-state index contributed by atoms with van der Waals surface area (Å²) in [6, 6.07) is 8.56. The van der Waals surface area contributed by atoms with Gasteiger partial charge in [0.05, 0.1) is 0 Å². The molecule has 1 unspecified atom stereocenters. The van der Waals surface area contributed by atoms with Gasteiger partial charge >= 0.3 is 0 Å². The van der Waals surface area contributed by atoms with Gasteiger partial charge in [0.1, 0.15) is 0 Å². The third-order valence-corrected chi connectivity index (χ3v) is 2.90. The SMILES string of the molecule is CC(Cl)CCNCc1ccc(I)cc1. The Hall–Kier alpha value is 0.200. The van der Waals surface area contributed by atoms with Crippen LogP contribution in [-0.2, 0) is 6.54 Å².